The van der Waals surface area contributed by atoms with Crippen molar-refractivity contribution in [3.63, 3.8) is 0 Å². The van der Waals surface area contributed by atoms with Gasteiger partial charge in [-0.1, -0.05) is 0 Å². The molecular weight excluding hydrogens is 288 g/mol. The number of hydrogen-bond acceptors (Lipinski definition) is 6. The Morgan fingerprint density at radius 2 is 1.91 bits per heavy atom. The molecule has 0 bridgehead atoms. The van der Waals surface area contributed by atoms with Crippen molar-refractivity contribution in [3.8, 4) is 11.5 Å². The van der Waals surface area contributed by atoms with Crippen molar-refractivity contribution in [2.75, 3.05) is 20.8 Å². The number of rotatable bonds is 2. The molecule has 22 heavy (non-hydrogen) atoms. The first-order chi connectivity index (χ1) is 10.4. The molecule has 1 heterocycles. The van der Waals surface area contributed by atoms with Gasteiger partial charge < -0.3 is 19.3 Å². The summed E-state index contributed by atoms with van der Waals surface area (Å²) >= 11 is 0. The normalized spacial score (nSPS) is 30.5. The SMILES string of the molecule is COc1cc(OC)c2c(c1)C(=O)C1CC(C)(O)OCC1C2=O. The molecule has 1 aliphatic heterocycles. The average Bonchev–Trinajstić information content (AvgIpc) is 2.50. The number of Topliss-reactive ketones (excluding diaryl/α,β-unsaturated/α-hetero) is 2. The Bertz CT molecular complexity index is 648. The lowest BCUT2D eigenvalue weighted by molar-refractivity contribution is -0.227. The Kier molecular flexibility index (Phi) is 3.45. The van der Waals surface area contributed by atoms with E-state index >= 15 is 0 Å². The van der Waals surface area contributed by atoms with Crippen molar-refractivity contribution in [1.82, 2.24) is 0 Å². The van der Waals surface area contributed by atoms with E-state index in [1.807, 2.05) is 0 Å². The Hall–Kier alpha value is -1.92. The predicted octanol–water partition coefficient (Wildman–Crippen LogP) is 1.44. The van der Waals surface area contributed by atoms with Crippen LogP contribution in [-0.2, 0) is 4.74 Å². The lowest BCUT2D eigenvalue weighted by Gasteiger charge is -2.40. The van der Waals surface area contributed by atoms with Crippen LogP contribution in [0.25, 0.3) is 0 Å². The van der Waals surface area contributed by atoms with E-state index < -0.39 is 17.6 Å². The summed E-state index contributed by atoms with van der Waals surface area (Å²) in [4.78, 5) is 25.5. The minimum absolute atomic E-state index is 0.0247. The zero-order valence-electron chi connectivity index (χ0n) is 12.7. The molecule has 1 aromatic rings. The van der Waals surface area contributed by atoms with Gasteiger partial charge in [-0.2, -0.15) is 0 Å². The van der Waals surface area contributed by atoms with Crippen molar-refractivity contribution in [2.45, 2.75) is 19.1 Å². The van der Waals surface area contributed by atoms with Crippen molar-refractivity contribution >= 4 is 11.6 Å². The maximum Gasteiger partial charge on any atom is 0.173 e. The molecule has 0 radical (unpaired) electrons. The zero-order valence-corrected chi connectivity index (χ0v) is 12.7. The first-order valence-electron chi connectivity index (χ1n) is 7.08. The molecule has 1 saturated heterocycles. The highest BCUT2D eigenvalue weighted by Crippen LogP contribution is 2.43. The molecule has 3 atom stereocenters. The number of carbonyl (C=O) groups excluding carboxylic acids is 2. The van der Waals surface area contributed by atoms with Crippen LogP contribution >= 0.6 is 0 Å². The molecule has 0 spiro atoms. The number of benzene rings is 1. The van der Waals surface area contributed by atoms with E-state index in [1.54, 1.807) is 12.1 Å². The van der Waals surface area contributed by atoms with Crippen molar-refractivity contribution < 1.29 is 28.9 Å². The summed E-state index contributed by atoms with van der Waals surface area (Å²) in [6.07, 6.45) is 0.0984. The fourth-order valence-corrected chi connectivity index (χ4v) is 3.23. The molecule has 2 aliphatic rings. The van der Waals surface area contributed by atoms with E-state index in [1.165, 1.54) is 21.1 Å². The lowest BCUT2D eigenvalue weighted by atomic mass is 9.70. The average molecular weight is 306 g/mol. The number of fused-ring (bicyclic) bond motifs is 2. The van der Waals surface area contributed by atoms with Crippen LogP contribution in [0.3, 0.4) is 0 Å². The summed E-state index contributed by atoms with van der Waals surface area (Å²) in [5.41, 5.74) is 0.569. The monoisotopic (exact) mass is 306 g/mol. The molecule has 1 aromatic carbocycles. The van der Waals surface area contributed by atoms with Crippen LogP contribution in [0.2, 0.25) is 0 Å². The van der Waals surface area contributed by atoms with Gasteiger partial charge in [0.15, 0.2) is 17.4 Å². The highest BCUT2D eigenvalue weighted by molar-refractivity contribution is 6.17. The lowest BCUT2D eigenvalue weighted by Crippen LogP contribution is -2.50. The summed E-state index contributed by atoms with van der Waals surface area (Å²) in [6, 6.07) is 3.14. The molecule has 0 amide bonds. The predicted molar refractivity (Wildman–Crippen MR) is 76.4 cm³/mol. The topological polar surface area (TPSA) is 82.1 Å². The van der Waals surface area contributed by atoms with E-state index in [2.05, 4.69) is 0 Å². The molecule has 3 rings (SSSR count). The maximum atomic E-state index is 12.8. The standard InChI is InChI=1S/C16H18O6/c1-16(19)6-10-11(7-22-16)15(18)13-9(14(10)17)4-8(20-2)5-12(13)21-3/h4-5,10-11,19H,6-7H2,1-3H3. The summed E-state index contributed by atoms with van der Waals surface area (Å²) in [5.74, 6) is -2.15. The Balaban J connectivity index is 2.14. The van der Waals surface area contributed by atoms with Crippen LogP contribution in [0.1, 0.15) is 34.1 Å². The van der Waals surface area contributed by atoms with Crippen molar-refractivity contribution in [3.05, 3.63) is 23.3 Å². The summed E-state index contributed by atoms with van der Waals surface area (Å²) in [7, 11) is 2.93. The van der Waals surface area contributed by atoms with Gasteiger partial charge in [0.25, 0.3) is 0 Å². The number of ketones is 2. The van der Waals surface area contributed by atoms with E-state index in [9.17, 15) is 14.7 Å². The van der Waals surface area contributed by atoms with E-state index in [4.69, 9.17) is 14.2 Å². The quantitative estimate of drug-likeness (QED) is 0.890. The number of methoxy groups -OCH3 is 2. The molecule has 6 nitrogen and oxygen atoms in total. The van der Waals surface area contributed by atoms with E-state index in [-0.39, 0.29) is 30.2 Å². The second kappa shape index (κ2) is 5.07. The smallest absolute Gasteiger partial charge is 0.173 e. The summed E-state index contributed by atoms with van der Waals surface area (Å²) in [6.45, 7) is 1.53. The number of aliphatic hydroxyl groups is 1. The second-order valence-electron chi connectivity index (χ2n) is 5.88. The largest absolute Gasteiger partial charge is 0.497 e. The molecule has 3 unspecified atom stereocenters. The van der Waals surface area contributed by atoms with Crippen LogP contribution in [0.15, 0.2) is 12.1 Å². The Morgan fingerprint density at radius 3 is 2.55 bits per heavy atom. The molecule has 0 aromatic heterocycles. The molecule has 118 valence electrons. The Labute approximate surface area is 128 Å². The van der Waals surface area contributed by atoms with Crippen molar-refractivity contribution in [2.24, 2.45) is 11.8 Å². The van der Waals surface area contributed by atoms with Crippen LogP contribution in [0, 0.1) is 11.8 Å². The first-order valence-corrected chi connectivity index (χ1v) is 7.08. The maximum absolute atomic E-state index is 12.8. The van der Waals surface area contributed by atoms with Crippen LogP contribution in [0.5, 0.6) is 11.5 Å². The molecule has 1 N–H and O–H groups in total. The minimum Gasteiger partial charge on any atom is -0.497 e. The second-order valence-corrected chi connectivity index (χ2v) is 5.88. The van der Waals surface area contributed by atoms with Gasteiger partial charge in [-0.15, -0.1) is 0 Å². The van der Waals surface area contributed by atoms with Gasteiger partial charge >= 0.3 is 0 Å². The van der Waals surface area contributed by atoms with Crippen LogP contribution in [-0.4, -0.2) is 43.3 Å². The number of hydrogen-bond donors (Lipinski definition) is 1. The Morgan fingerprint density at radius 1 is 1.18 bits per heavy atom. The van der Waals surface area contributed by atoms with Gasteiger partial charge in [0.1, 0.15) is 11.5 Å². The zero-order chi connectivity index (χ0) is 16.1. The molecule has 6 heteroatoms. The molecule has 1 aliphatic carbocycles. The summed E-state index contributed by atoms with van der Waals surface area (Å²) in [5, 5.41) is 10.0. The third-order valence-electron chi connectivity index (χ3n) is 4.37. The first kappa shape index (κ1) is 15.0. The highest BCUT2D eigenvalue weighted by Gasteiger charge is 2.49. The van der Waals surface area contributed by atoms with Gasteiger partial charge in [-0.05, 0) is 13.0 Å². The van der Waals surface area contributed by atoms with Crippen LogP contribution in [0.4, 0.5) is 0 Å². The fraction of sp³-hybridized carbons (Fsp3) is 0.500. The summed E-state index contributed by atoms with van der Waals surface area (Å²) < 4.78 is 15.7. The van der Waals surface area contributed by atoms with Gasteiger partial charge in [-0.3, -0.25) is 9.59 Å². The molecule has 0 saturated carbocycles. The van der Waals surface area contributed by atoms with Crippen LogP contribution < -0.4 is 9.47 Å². The molecular formula is C16H18O6. The van der Waals surface area contributed by atoms with Gasteiger partial charge in [0.05, 0.1) is 32.3 Å². The third-order valence-corrected chi connectivity index (χ3v) is 4.37. The minimum atomic E-state index is -1.39. The molecule has 1 fully saturated rings. The third kappa shape index (κ3) is 2.19. The van der Waals surface area contributed by atoms with Crippen molar-refractivity contribution in [1.29, 1.82) is 0 Å². The van der Waals surface area contributed by atoms with Gasteiger partial charge in [-0.25, -0.2) is 0 Å². The van der Waals surface area contributed by atoms with E-state index in [0.717, 1.165) is 0 Å². The highest BCUT2D eigenvalue weighted by atomic mass is 16.6. The van der Waals surface area contributed by atoms with Gasteiger partial charge in [0.2, 0.25) is 0 Å². The fourth-order valence-electron chi connectivity index (χ4n) is 3.23. The van der Waals surface area contributed by atoms with Gasteiger partial charge in [0, 0.05) is 24.0 Å². The van der Waals surface area contributed by atoms with E-state index in [0.29, 0.717) is 17.1 Å². The number of ether oxygens (including phenoxy) is 3. The number of carbonyl (C=O) groups is 2.